The quantitative estimate of drug-likeness (QED) is 0.780. The van der Waals surface area contributed by atoms with Gasteiger partial charge in [0, 0.05) is 13.1 Å². The van der Waals surface area contributed by atoms with E-state index >= 15 is 0 Å². The number of benzene rings is 1. The zero-order valence-corrected chi connectivity index (χ0v) is 12.6. The van der Waals surface area contributed by atoms with E-state index in [1.54, 1.807) is 12.1 Å². The Bertz CT molecular complexity index is 460. The second-order valence-corrected chi connectivity index (χ2v) is 5.04. The van der Waals surface area contributed by atoms with Crippen LogP contribution in [0.4, 0.5) is 10.1 Å². The molecule has 0 aliphatic carbocycles. The number of ether oxygens (including phenoxy) is 1. The van der Waals surface area contributed by atoms with Crippen molar-refractivity contribution in [3.05, 3.63) is 28.0 Å². The van der Waals surface area contributed by atoms with E-state index < -0.39 is 5.82 Å². The highest BCUT2D eigenvalue weighted by atomic mass is 79.9. The van der Waals surface area contributed by atoms with Gasteiger partial charge in [-0.3, -0.25) is 0 Å². The maximum absolute atomic E-state index is 13.8. The second-order valence-electron chi connectivity index (χ2n) is 4.24. The van der Waals surface area contributed by atoms with Crippen molar-refractivity contribution in [3.8, 4) is 6.07 Å². The van der Waals surface area contributed by atoms with Crippen LogP contribution in [0.1, 0.15) is 5.56 Å². The van der Waals surface area contributed by atoms with E-state index in [-0.39, 0.29) is 10.0 Å². The first kappa shape index (κ1) is 15.9. The normalized spacial score (nSPS) is 10.5. The summed E-state index contributed by atoms with van der Waals surface area (Å²) < 4.78 is 19.4. The van der Waals surface area contributed by atoms with E-state index in [0.29, 0.717) is 25.4 Å². The van der Waals surface area contributed by atoms with Crippen LogP contribution in [0.5, 0.6) is 0 Å². The molecule has 0 saturated heterocycles. The molecule has 1 aromatic carbocycles. The van der Waals surface area contributed by atoms with Crippen LogP contribution in [0, 0.1) is 17.1 Å². The van der Waals surface area contributed by atoms with Crippen molar-refractivity contribution in [1.29, 1.82) is 5.26 Å². The third kappa shape index (κ3) is 5.15. The lowest BCUT2D eigenvalue weighted by molar-refractivity contribution is 0.126. The first-order valence-corrected chi connectivity index (χ1v) is 6.70. The van der Waals surface area contributed by atoms with Gasteiger partial charge in [0.2, 0.25) is 0 Å². The van der Waals surface area contributed by atoms with Gasteiger partial charge in [-0.1, -0.05) is 0 Å². The number of nitriles is 1. The fourth-order valence-corrected chi connectivity index (χ4v) is 1.81. The Kier molecular flexibility index (Phi) is 6.78. The van der Waals surface area contributed by atoms with Gasteiger partial charge in [-0.05, 0) is 42.2 Å². The molecule has 0 aliphatic rings. The number of likely N-dealkylation sites (N-methyl/N-ethyl adjacent to an activating group) is 1. The van der Waals surface area contributed by atoms with E-state index in [0.717, 1.165) is 6.54 Å². The van der Waals surface area contributed by atoms with E-state index in [1.807, 2.05) is 25.1 Å². The molecule has 104 valence electrons. The Labute approximate surface area is 121 Å². The number of nitrogens with zero attached hydrogens (tertiary/aromatic N) is 2. The van der Waals surface area contributed by atoms with Crippen molar-refractivity contribution < 1.29 is 9.13 Å². The molecule has 0 aliphatic heterocycles. The zero-order valence-electron chi connectivity index (χ0n) is 11.0. The minimum Gasteiger partial charge on any atom is -0.380 e. The minimum absolute atomic E-state index is 0.188. The predicted molar refractivity (Wildman–Crippen MR) is 76.7 cm³/mol. The fourth-order valence-electron chi connectivity index (χ4n) is 1.38. The SMILES string of the molecule is CN(C)CCOCCNc1ccc(C#N)c(Br)c1F. The maximum atomic E-state index is 13.8. The molecular weight excluding hydrogens is 313 g/mol. The van der Waals surface area contributed by atoms with Crippen LogP contribution >= 0.6 is 15.9 Å². The summed E-state index contributed by atoms with van der Waals surface area (Å²) in [4.78, 5) is 2.03. The van der Waals surface area contributed by atoms with Crippen molar-refractivity contribution >= 4 is 21.6 Å². The molecular formula is C13H17BrFN3O. The molecule has 0 radical (unpaired) electrons. The average molecular weight is 330 g/mol. The molecule has 4 nitrogen and oxygen atoms in total. The summed E-state index contributed by atoms with van der Waals surface area (Å²) in [5.41, 5.74) is 0.646. The van der Waals surface area contributed by atoms with Crippen LogP contribution in [0.15, 0.2) is 16.6 Å². The van der Waals surface area contributed by atoms with E-state index in [2.05, 4.69) is 21.2 Å². The van der Waals surface area contributed by atoms with Gasteiger partial charge in [-0.15, -0.1) is 0 Å². The van der Waals surface area contributed by atoms with E-state index in [4.69, 9.17) is 10.00 Å². The Morgan fingerprint density at radius 3 is 2.79 bits per heavy atom. The fraction of sp³-hybridized carbons (Fsp3) is 0.462. The Hall–Kier alpha value is -1.16. The number of nitrogens with one attached hydrogen (secondary N) is 1. The van der Waals surface area contributed by atoms with Crippen LogP contribution in [0.2, 0.25) is 0 Å². The van der Waals surface area contributed by atoms with Crippen LogP contribution in [0.3, 0.4) is 0 Å². The highest BCUT2D eigenvalue weighted by Gasteiger charge is 2.10. The van der Waals surface area contributed by atoms with Crippen molar-refractivity contribution in [1.82, 2.24) is 4.90 Å². The molecule has 1 N–H and O–H groups in total. The van der Waals surface area contributed by atoms with Gasteiger partial charge in [0.1, 0.15) is 6.07 Å². The van der Waals surface area contributed by atoms with Crippen molar-refractivity contribution in [3.63, 3.8) is 0 Å². The number of rotatable bonds is 7. The van der Waals surface area contributed by atoms with Crippen LogP contribution in [0.25, 0.3) is 0 Å². The third-order valence-electron chi connectivity index (χ3n) is 2.45. The smallest absolute Gasteiger partial charge is 0.161 e. The Morgan fingerprint density at radius 2 is 2.16 bits per heavy atom. The lowest BCUT2D eigenvalue weighted by Gasteiger charge is -2.11. The van der Waals surface area contributed by atoms with Crippen LogP contribution in [-0.4, -0.2) is 45.3 Å². The van der Waals surface area contributed by atoms with Gasteiger partial charge < -0.3 is 15.0 Å². The summed E-state index contributed by atoms with van der Waals surface area (Å²) >= 11 is 3.07. The minimum atomic E-state index is -0.452. The Morgan fingerprint density at radius 1 is 1.42 bits per heavy atom. The first-order valence-electron chi connectivity index (χ1n) is 5.90. The molecule has 0 bridgehead atoms. The topological polar surface area (TPSA) is 48.3 Å². The van der Waals surface area contributed by atoms with E-state index in [1.165, 1.54) is 0 Å². The van der Waals surface area contributed by atoms with Gasteiger partial charge in [-0.2, -0.15) is 5.26 Å². The highest BCUT2D eigenvalue weighted by Crippen LogP contribution is 2.26. The average Bonchev–Trinajstić information content (AvgIpc) is 2.38. The van der Waals surface area contributed by atoms with Crippen molar-refractivity contribution in [2.75, 3.05) is 45.7 Å². The molecule has 0 fully saturated rings. The summed E-state index contributed by atoms with van der Waals surface area (Å²) in [6, 6.07) is 5.04. The molecule has 1 rings (SSSR count). The Balaban J connectivity index is 2.38. The summed E-state index contributed by atoms with van der Waals surface area (Å²) in [6.45, 7) is 2.53. The van der Waals surface area contributed by atoms with E-state index in [9.17, 15) is 4.39 Å². The number of hydrogen-bond donors (Lipinski definition) is 1. The van der Waals surface area contributed by atoms with Gasteiger partial charge in [0.25, 0.3) is 0 Å². The largest absolute Gasteiger partial charge is 0.380 e. The highest BCUT2D eigenvalue weighted by molar-refractivity contribution is 9.10. The number of halogens is 2. The van der Waals surface area contributed by atoms with Crippen LogP contribution in [-0.2, 0) is 4.74 Å². The molecule has 1 aromatic rings. The number of anilines is 1. The zero-order chi connectivity index (χ0) is 14.3. The summed E-state index contributed by atoms with van der Waals surface area (Å²) in [5.74, 6) is -0.452. The monoisotopic (exact) mass is 329 g/mol. The molecule has 0 heterocycles. The molecule has 6 heteroatoms. The molecule has 0 amide bonds. The third-order valence-corrected chi connectivity index (χ3v) is 3.22. The van der Waals surface area contributed by atoms with Crippen molar-refractivity contribution in [2.45, 2.75) is 0 Å². The lowest BCUT2D eigenvalue weighted by Crippen LogP contribution is -2.20. The maximum Gasteiger partial charge on any atom is 0.161 e. The summed E-state index contributed by atoms with van der Waals surface area (Å²) in [6.07, 6.45) is 0. The van der Waals surface area contributed by atoms with Gasteiger partial charge in [0.15, 0.2) is 5.82 Å². The second kappa shape index (κ2) is 8.10. The van der Waals surface area contributed by atoms with Crippen LogP contribution < -0.4 is 5.32 Å². The summed E-state index contributed by atoms with van der Waals surface area (Å²) in [7, 11) is 3.95. The molecule has 19 heavy (non-hydrogen) atoms. The molecule has 0 saturated carbocycles. The predicted octanol–water partition coefficient (Wildman–Crippen LogP) is 2.45. The van der Waals surface area contributed by atoms with Gasteiger partial charge >= 0.3 is 0 Å². The number of hydrogen-bond acceptors (Lipinski definition) is 4. The van der Waals surface area contributed by atoms with Gasteiger partial charge in [0.05, 0.1) is 28.9 Å². The standard InChI is InChI=1S/C13H17BrFN3O/c1-18(2)6-8-19-7-5-17-11-4-3-10(9-16)12(14)13(11)15/h3-4,17H,5-8H2,1-2H3. The van der Waals surface area contributed by atoms with Crippen molar-refractivity contribution in [2.24, 2.45) is 0 Å². The van der Waals surface area contributed by atoms with Gasteiger partial charge in [-0.25, -0.2) is 4.39 Å². The molecule has 0 unspecified atom stereocenters. The first-order chi connectivity index (χ1) is 9.06. The molecule has 0 aromatic heterocycles. The molecule has 0 spiro atoms. The molecule has 0 atom stereocenters. The summed E-state index contributed by atoms with van der Waals surface area (Å²) in [5, 5.41) is 11.7. The lowest BCUT2D eigenvalue weighted by atomic mass is 10.2.